The number of carbonyl (C=O) groups excluding carboxylic acids is 3. The highest BCUT2D eigenvalue weighted by molar-refractivity contribution is 8.80. The van der Waals surface area contributed by atoms with E-state index in [1.807, 2.05) is 10.8 Å². The van der Waals surface area contributed by atoms with Crippen molar-refractivity contribution in [2.75, 3.05) is 45.1 Å². The Morgan fingerprint density at radius 2 is 1.58 bits per heavy atom. The molecule has 1 fully saturated rings. The number of aromatic hydroxyl groups is 1. The van der Waals surface area contributed by atoms with Crippen molar-refractivity contribution in [3.63, 3.8) is 0 Å². The molecule has 0 spiro atoms. The van der Waals surface area contributed by atoms with Gasteiger partial charge in [-0.15, -0.1) is 0 Å². The Morgan fingerprint density at radius 3 is 2.12 bits per heavy atom. The van der Waals surface area contributed by atoms with Crippen LogP contribution in [0.15, 0.2) is 24.3 Å². The Labute approximate surface area is 313 Å². The molecule has 1 saturated heterocycles. The first kappa shape index (κ1) is 45.7. The van der Waals surface area contributed by atoms with Crippen molar-refractivity contribution < 1.29 is 29.0 Å². The van der Waals surface area contributed by atoms with Crippen molar-refractivity contribution in [3.05, 3.63) is 29.8 Å². The van der Waals surface area contributed by atoms with Gasteiger partial charge in [-0.2, -0.15) is 0 Å². The molecule has 0 aliphatic carbocycles. The lowest BCUT2D eigenvalue weighted by Gasteiger charge is -2.45. The zero-order chi connectivity index (χ0) is 36.2. The number of hydrogen-bond donors (Lipinski definition) is 3. The molecule has 1 heterocycles. The minimum absolute atomic E-state index is 0.0511. The maximum atomic E-state index is 12.3. The molecule has 2 rings (SSSR count). The van der Waals surface area contributed by atoms with Crippen LogP contribution in [0.4, 0.5) is 0 Å². The second-order valence-electron chi connectivity index (χ2n) is 12.0. The summed E-state index contributed by atoms with van der Waals surface area (Å²) in [6.45, 7) is 14.3. The fourth-order valence-corrected chi connectivity index (χ4v) is 15.2. The molecule has 1 aromatic rings. The number of rotatable bonds is 20. The number of ether oxygens (including phenoxy) is 2. The van der Waals surface area contributed by atoms with E-state index in [1.165, 1.54) is 69.3 Å². The molecule has 48 heavy (non-hydrogen) atoms. The summed E-state index contributed by atoms with van der Waals surface area (Å²) in [7, 11) is 17.0. The minimum Gasteiger partial charge on any atom is -0.508 e. The summed E-state index contributed by atoms with van der Waals surface area (Å²) in [6, 6.07) is 5.22. The number of methoxy groups -OCH3 is 2. The van der Waals surface area contributed by atoms with Crippen molar-refractivity contribution in [1.82, 2.24) is 10.6 Å². The summed E-state index contributed by atoms with van der Waals surface area (Å²) >= 11 is 0. The number of hydrogen-bond acceptors (Lipinski definition) is 14. The molecule has 1 aliphatic heterocycles. The third kappa shape index (κ3) is 15.1. The van der Waals surface area contributed by atoms with Gasteiger partial charge in [0.2, 0.25) is 0 Å². The second-order valence-corrected chi connectivity index (χ2v) is 20.9. The van der Waals surface area contributed by atoms with Gasteiger partial charge in [0.05, 0.1) is 31.6 Å². The topological polar surface area (TPSA) is 114 Å². The van der Waals surface area contributed by atoms with E-state index in [4.69, 9.17) is 4.74 Å². The van der Waals surface area contributed by atoms with Crippen LogP contribution in [0.2, 0.25) is 0 Å². The third-order valence-electron chi connectivity index (χ3n) is 8.69. The van der Waals surface area contributed by atoms with Gasteiger partial charge in [-0.1, -0.05) is 105 Å². The van der Waals surface area contributed by atoms with E-state index in [2.05, 4.69) is 111 Å². The van der Waals surface area contributed by atoms with Gasteiger partial charge in [0.25, 0.3) is 0 Å². The number of phenolic OH excluding ortho intramolecular Hbond substituents is 1. The molecule has 0 bridgehead atoms. The molecule has 3 N–H and O–H groups in total. The summed E-state index contributed by atoms with van der Waals surface area (Å²) in [6.07, 6.45) is 6.00. The summed E-state index contributed by atoms with van der Waals surface area (Å²) < 4.78 is 10.5. The van der Waals surface area contributed by atoms with E-state index < -0.39 is 18.1 Å². The number of phenols is 1. The van der Waals surface area contributed by atoms with Gasteiger partial charge in [-0.25, -0.2) is 0 Å². The fraction of sp³-hybridized carbons (Fsp3) is 0.735. The minimum atomic E-state index is -0.702. The van der Waals surface area contributed by atoms with Gasteiger partial charge in [0.1, 0.15) is 11.8 Å². The van der Waals surface area contributed by atoms with E-state index >= 15 is 0 Å². The Bertz CT molecular complexity index is 1100. The Balaban J connectivity index is 0.000000487. The zero-order valence-electron chi connectivity index (χ0n) is 30.2. The first-order valence-electron chi connectivity index (χ1n) is 16.6. The van der Waals surface area contributed by atoms with Crippen LogP contribution in [0, 0.1) is 0 Å². The van der Waals surface area contributed by atoms with Crippen LogP contribution in [0.3, 0.4) is 0 Å². The van der Waals surface area contributed by atoms with Crippen molar-refractivity contribution in [3.8, 4) is 5.75 Å². The molecular formula is C34H58N2O6S6. The van der Waals surface area contributed by atoms with Crippen LogP contribution in [0.1, 0.15) is 85.6 Å². The lowest BCUT2D eigenvalue weighted by atomic mass is 9.84. The molecule has 1 aliphatic rings. The van der Waals surface area contributed by atoms with E-state index in [-0.39, 0.29) is 30.5 Å². The largest absolute Gasteiger partial charge is 0.508 e. The molecule has 276 valence electrons. The Kier molecular flexibility index (Phi) is 22.8. The highest BCUT2D eigenvalue weighted by Gasteiger charge is 2.52. The van der Waals surface area contributed by atoms with Crippen LogP contribution in [-0.2, 0) is 30.3 Å². The van der Waals surface area contributed by atoms with Crippen LogP contribution in [0.25, 0.3) is 0 Å². The van der Waals surface area contributed by atoms with E-state index in [1.54, 1.807) is 19.2 Å². The van der Waals surface area contributed by atoms with Crippen LogP contribution >= 0.6 is 64.8 Å². The van der Waals surface area contributed by atoms with Crippen molar-refractivity contribution in [2.24, 2.45) is 0 Å². The SMILES string of the molecule is CCSSCC1(SSCC)CCC(C)(CC)SSC1(C)CC.CNC(CCC(=O)OC)C(=O)CNC(Cc1ccc(O)cc1)C(=O)OC. The Morgan fingerprint density at radius 1 is 0.917 bits per heavy atom. The lowest BCUT2D eigenvalue weighted by molar-refractivity contribution is -0.143. The highest BCUT2D eigenvalue weighted by Crippen LogP contribution is 2.64. The van der Waals surface area contributed by atoms with E-state index in [9.17, 15) is 19.5 Å². The Hall–Kier alpha value is -0.350. The van der Waals surface area contributed by atoms with Crippen molar-refractivity contribution in [2.45, 2.75) is 113 Å². The molecule has 8 nitrogen and oxygen atoms in total. The maximum absolute atomic E-state index is 12.3. The number of carbonyl (C=O) groups is 3. The first-order valence-corrected chi connectivity index (χ1v) is 23.5. The number of likely N-dealkylation sites (N-methyl/N-ethyl adjacent to an activating group) is 1. The highest BCUT2D eigenvalue weighted by atomic mass is 33.1. The molecule has 0 radical (unpaired) electrons. The summed E-state index contributed by atoms with van der Waals surface area (Å²) in [4.78, 5) is 35.5. The molecule has 5 unspecified atom stereocenters. The molecule has 0 saturated carbocycles. The number of ketones is 1. The molecule has 14 heteroatoms. The molecule has 0 amide bonds. The fourth-order valence-electron chi connectivity index (χ4n) is 4.85. The molecule has 5 atom stereocenters. The smallest absolute Gasteiger partial charge is 0.323 e. The normalized spacial score (nSPS) is 23.6. The third-order valence-corrected chi connectivity index (χ3v) is 19.6. The average Bonchev–Trinajstić information content (AvgIpc) is 3.21. The first-order chi connectivity index (χ1) is 22.8. The predicted molar refractivity (Wildman–Crippen MR) is 216 cm³/mol. The van der Waals surface area contributed by atoms with Crippen LogP contribution in [0.5, 0.6) is 5.75 Å². The maximum Gasteiger partial charge on any atom is 0.323 e. The number of esters is 2. The predicted octanol–water partition coefficient (Wildman–Crippen LogP) is 8.22. The second kappa shape index (κ2) is 24.0. The van der Waals surface area contributed by atoms with Gasteiger partial charge in [0, 0.05) is 33.2 Å². The molecule has 1 aromatic carbocycles. The molecular weight excluding hydrogens is 725 g/mol. The quantitative estimate of drug-likeness (QED) is 0.0671. The number of Topliss-reactive ketones (excluding diaryl/α,β-unsaturated/α-hetero) is 1. The van der Waals surface area contributed by atoms with Gasteiger partial charge in [-0.05, 0) is 77.1 Å². The van der Waals surface area contributed by atoms with E-state index in [0.717, 1.165) is 5.56 Å². The van der Waals surface area contributed by atoms with Crippen molar-refractivity contribution in [1.29, 1.82) is 0 Å². The van der Waals surface area contributed by atoms with E-state index in [0.29, 0.717) is 27.1 Å². The number of benzene rings is 1. The summed E-state index contributed by atoms with van der Waals surface area (Å²) in [5.74, 6) is 2.79. The lowest BCUT2D eigenvalue weighted by Crippen LogP contribution is -2.47. The average molecular weight is 783 g/mol. The van der Waals surface area contributed by atoms with Crippen molar-refractivity contribution >= 4 is 82.5 Å². The zero-order valence-corrected chi connectivity index (χ0v) is 35.1. The summed E-state index contributed by atoms with van der Waals surface area (Å²) in [5.41, 5.74) is 0.814. The molecule has 0 aromatic heterocycles. The van der Waals surface area contributed by atoms with Crippen LogP contribution in [-0.4, -0.2) is 94.2 Å². The standard InChI is InChI=1S/C18H26N2O6.C16H32S6/c1-19-14(8-9-17(23)25-2)16(22)11-20-15(18(24)26-3)10-12-4-6-13(21)7-5-12;1-7-14(5)11-12-16(22-18-10-4,13-19-17-9-3)15(6,8-2)21-20-14/h4-7,14-15,19-21H,8-11H2,1-3H3;7-13H2,1-6H3. The summed E-state index contributed by atoms with van der Waals surface area (Å²) in [5, 5.41) is 15.1. The van der Waals surface area contributed by atoms with Crippen LogP contribution < -0.4 is 10.6 Å². The van der Waals surface area contributed by atoms with Gasteiger partial charge < -0.3 is 19.9 Å². The number of nitrogens with one attached hydrogen (secondary N) is 2. The van der Waals surface area contributed by atoms with Gasteiger partial charge >= 0.3 is 11.9 Å². The van der Waals surface area contributed by atoms with Gasteiger partial charge in [0.15, 0.2) is 5.78 Å². The monoisotopic (exact) mass is 782 g/mol. The van der Waals surface area contributed by atoms with Gasteiger partial charge in [-0.3, -0.25) is 19.7 Å².